The van der Waals surface area contributed by atoms with Gasteiger partial charge in [0.1, 0.15) is 11.4 Å². The van der Waals surface area contributed by atoms with Crippen LogP contribution in [0.1, 0.15) is 28.9 Å². The van der Waals surface area contributed by atoms with Crippen LogP contribution in [0.5, 0.6) is 0 Å². The molecule has 0 spiro atoms. The third-order valence-corrected chi connectivity index (χ3v) is 6.11. The number of rotatable bonds is 4. The standard InChI is InChI=1S/C25H24N4O/c1-18-14-19(17-26-16-18)24-28-27-23-15-22(12-13-29(23)24)25(30,20-8-4-2-5-9-20)21-10-6-3-7-11-21/h2-11,14,16-17,22,30H,12-13,15H2,1H3. The van der Waals surface area contributed by atoms with Gasteiger partial charge in [-0.2, -0.15) is 0 Å². The Labute approximate surface area is 176 Å². The Morgan fingerprint density at radius 1 is 0.933 bits per heavy atom. The minimum atomic E-state index is -1.08. The second kappa shape index (κ2) is 7.50. The van der Waals surface area contributed by atoms with Gasteiger partial charge in [0.25, 0.3) is 0 Å². The summed E-state index contributed by atoms with van der Waals surface area (Å²) in [6.07, 6.45) is 5.16. The fraction of sp³-hybridized carbons (Fsp3) is 0.240. The molecule has 4 aromatic rings. The molecule has 30 heavy (non-hydrogen) atoms. The summed E-state index contributed by atoms with van der Waals surface area (Å²) in [5.74, 6) is 1.76. The van der Waals surface area contributed by atoms with Gasteiger partial charge >= 0.3 is 0 Å². The van der Waals surface area contributed by atoms with E-state index < -0.39 is 5.60 Å². The highest BCUT2D eigenvalue weighted by Gasteiger charge is 2.42. The molecule has 5 nitrogen and oxygen atoms in total. The number of nitrogens with zero attached hydrogens (tertiary/aromatic N) is 4. The summed E-state index contributed by atoms with van der Waals surface area (Å²) in [7, 11) is 0. The first-order valence-corrected chi connectivity index (χ1v) is 10.3. The molecule has 2 aromatic heterocycles. The summed E-state index contributed by atoms with van der Waals surface area (Å²) in [6, 6.07) is 22.0. The molecule has 0 saturated carbocycles. The molecule has 2 aromatic carbocycles. The molecule has 0 fully saturated rings. The Bertz CT molecular complexity index is 1110. The van der Waals surface area contributed by atoms with E-state index in [2.05, 4.69) is 25.8 Å². The molecule has 0 aliphatic carbocycles. The van der Waals surface area contributed by atoms with Gasteiger partial charge in [0.05, 0.1) is 0 Å². The van der Waals surface area contributed by atoms with Crippen molar-refractivity contribution in [1.29, 1.82) is 0 Å². The summed E-state index contributed by atoms with van der Waals surface area (Å²) < 4.78 is 2.17. The molecule has 5 rings (SSSR count). The van der Waals surface area contributed by atoms with Crippen molar-refractivity contribution in [2.75, 3.05) is 0 Å². The quantitative estimate of drug-likeness (QED) is 0.563. The molecule has 5 heteroatoms. The summed E-state index contributed by atoms with van der Waals surface area (Å²) in [4.78, 5) is 4.30. The van der Waals surface area contributed by atoms with E-state index in [1.807, 2.05) is 80.0 Å². The number of pyridine rings is 1. The van der Waals surface area contributed by atoms with E-state index in [-0.39, 0.29) is 5.92 Å². The average molecular weight is 396 g/mol. The van der Waals surface area contributed by atoms with Gasteiger partial charge in [0.15, 0.2) is 5.82 Å². The molecule has 1 aliphatic rings. The molecule has 150 valence electrons. The van der Waals surface area contributed by atoms with Crippen molar-refractivity contribution in [2.24, 2.45) is 5.92 Å². The SMILES string of the molecule is Cc1cncc(-c2nnc3n2CCC(C(O)(c2ccccc2)c2ccccc2)C3)c1. The molecule has 0 bridgehead atoms. The van der Waals surface area contributed by atoms with Gasteiger partial charge in [-0.15, -0.1) is 10.2 Å². The first-order valence-electron chi connectivity index (χ1n) is 10.3. The molecule has 0 amide bonds. The maximum atomic E-state index is 12.1. The third-order valence-electron chi connectivity index (χ3n) is 6.11. The van der Waals surface area contributed by atoms with Crippen LogP contribution >= 0.6 is 0 Å². The van der Waals surface area contributed by atoms with Crippen molar-refractivity contribution in [1.82, 2.24) is 19.7 Å². The minimum Gasteiger partial charge on any atom is -0.380 e. The van der Waals surface area contributed by atoms with Crippen molar-refractivity contribution >= 4 is 0 Å². The van der Waals surface area contributed by atoms with Crippen molar-refractivity contribution in [3.05, 3.63) is 102 Å². The molecule has 0 radical (unpaired) electrons. The Kier molecular flexibility index (Phi) is 4.68. The van der Waals surface area contributed by atoms with Gasteiger partial charge in [-0.25, -0.2) is 0 Å². The lowest BCUT2D eigenvalue weighted by Gasteiger charge is -2.39. The van der Waals surface area contributed by atoms with Crippen molar-refractivity contribution in [3.8, 4) is 11.4 Å². The fourth-order valence-electron chi connectivity index (χ4n) is 4.60. The Morgan fingerprint density at radius 3 is 2.23 bits per heavy atom. The Hall–Kier alpha value is -3.31. The predicted molar refractivity (Wildman–Crippen MR) is 116 cm³/mol. The van der Waals surface area contributed by atoms with Crippen LogP contribution in [0.4, 0.5) is 0 Å². The molecule has 1 unspecified atom stereocenters. The van der Waals surface area contributed by atoms with Gasteiger partial charge in [0.2, 0.25) is 0 Å². The van der Waals surface area contributed by atoms with E-state index in [1.165, 1.54) is 0 Å². The van der Waals surface area contributed by atoms with E-state index in [0.717, 1.165) is 46.9 Å². The summed E-state index contributed by atoms with van der Waals surface area (Å²) >= 11 is 0. The zero-order chi connectivity index (χ0) is 20.6. The fourth-order valence-corrected chi connectivity index (χ4v) is 4.60. The zero-order valence-electron chi connectivity index (χ0n) is 16.9. The van der Waals surface area contributed by atoms with Crippen LogP contribution in [0.3, 0.4) is 0 Å². The van der Waals surface area contributed by atoms with Crippen LogP contribution in [0.25, 0.3) is 11.4 Å². The van der Waals surface area contributed by atoms with Crippen LogP contribution < -0.4 is 0 Å². The lowest BCUT2D eigenvalue weighted by Crippen LogP contribution is -2.40. The highest BCUT2D eigenvalue weighted by atomic mass is 16.3. The number of hydrogen-bond acceptors (Lipinski definition) is 4. The maximum Gasteiger partial charge on any atom is 0.165 e. The number of aliphatic hydroxyl groups is 1. The molecular formula is C25H24N4O. The summed E-state index contributed by atoms with van der Waals surface area (Å²) in [5, 5.41) is 21.0. The number of benzene rings is 2. The number of fused-ring (bicyclic) bond motifs is 1. The highest BCUT2D eigenvalue weighted by Crippen LogP contribution is 2.42. The van der Waals surface area contributed by atoms with E-state index in [1.54, 1.807) is 0 Å². The first kappa shape index (κ1) is 18.7. The normalized spacial score (nSPS) is 16.3. The summed E-state index contributed by atoms with van der Waals surface area (Å²) in [6.45, 7) is 2.79. The smallest absolute Gasteiger partial charge is 0.165 e. The molecule has 1 atom stereocenters. The van der Waals surface area contributed by atoms with Crippen molar-refractivity contribution in [3.63, 3.8) is 0 Å². The van der Waals surface area contributed by atoms with Gasteiger partial charge in [-0.05, 0) is 36.1 Å². The van der Waals surface area contributed by atoms with Crippen LogP contribution in [0.2, 0.25) is 0 Å². The van der Waals surface area contributed by atoms with Crippen LogP contribution in [-0.4, -0.2) is 24.9 Å². The molecular weight excluding hydrogens is 372 g/mol. The second-order valence-electron chi connectivity index (χ2n) is 8.03. The van der Waals surface area contributed by atoms with Crippen LogP contribution in [-0.2, 0) is 18.6 Å². The molecule has 1 N–H and O–H groups in total. The highest BCUT2D eigenvalue weighted by molar-refractivity contribution is 5.55. The Balaban J connectivity index is 1.54. The minimum absolute atomic E-state index is 0.00230. The molecule has 1 aliphatic heterocycles. The third kappa shape index (κ3) is 3.12. The molecule has 0 saturated heterocycles. The average Bonchev–Trinajstić information content (AvgIpc) is 3.23. The number of hydrogen-bond donors (Lipinski definition) is 1. The van der Waals surface area contributed by atoms with E-state index in [4.69, 9.17) is 0 Å². The van der Waals surface area contributed by atoms with Gasteiger partial charge in [0, 0.05) is 36.8 Å². The first-order chi connectivity index (χ1) is 14.7. The lowest BCUT2D eigenvalue weighted by molar-refractivity contribution is 0.00417. The van der Waals surface area contributed by atoms with E-state index >= 15 is 0 Å². The number of aromatic nitrogens is 4. The van der Waals surface area contributed by atoms with E-state index in [9.17, 15) is 5.11 Å². The van der Waals surface area contributed by atoms with Crippen molar-refractivity contribution < 1.29 is 5.11 Å². The summed E-state index contributed by atoms with van der Waals surface area (Å²) in [5.41, 5.74) is 2.83. The predicted octanol–water partition coefficient (Wildman–Crippen LogP) is 4.15. The zero-order valence-corrected chi connectivity index (χ0v) is 16.9. The van der Waals surface area contributed by atoms with Gasteiger partial charge in [-0.3, -0.25) is 4.98 Å². The monoisotopic (exact) mass is 396 g/mol. The van der Waals surface area contributed by atoms with Gasteiger partial charge < -0.3 is 9.67 Å². The topological polar surface area (TPSA) is 63.8 Å². The van der Waals surface area contributed by atoms with Crippen LogP contribution in [0, 0.1) is 12.8 Å². The van der Waals surface area contributed by atoms with Gasteiger partial charge in [-0.1, -0.05) is 60.7 Å². The Morgan fingerprint density at radius 2 is 1.60 bits per heavy atom. The lowest BCUT2D eigenvalue weighted by atomic mass is 9.72. The second-order valence-corrected chi connectivity index (χ2v) is 8.03. The number of aryl methyl sites for hydroxylation is 1. The van der Waals surface area contributed by atoms with Crippen molar-refractivity contribution in [2.45, 2.75) is 31.9 Å². The molecule has 3 heterocycles. The van der Waals surface area contributed by atoms with Crippen LogP contribution in [0.15, 0.2) is 79.1 Å². The van der Waals surface area contributed by atoms with E-state index in [0.29, 0.717) is 6.42 Å². The largest absolute Gasteiger partial charge is 0.380 e. The maximum absolute atomic E-state index is 12.1.